The third kappa shape index (κ3) is 3.11. The minimum atomic E-state index is -0.440. The molecule has 5 rings (SSSR count). The average Bonchev–Trinajstić information content (AvgIpc) is 3.17. The van der Waals surface area contributed by atoms with Crippen molar-refractivity contribution in [3.05, 3.63) is 80.0 Å². The summed E-state index contributed by atoms with van der Waals surface area (Å²) in [6, 6.07) is 13.6. The number of nitrogens with zero attached hydrogens (tertiary/aromatic N) is 4. The Labute approximate surface area is 179 Å². The van der Waals surface area contributed by atoms with Crippen LogP contribution in [-0.4, -0.2) is 25.5 Å². The molecule has 1 atom stereocenters. The maximum absolute atomic E-state index is 12.8. The summed E-state index contributed by atoms with van der Waals surface area (Å²) in [6.45, 7) is 0. The second-order valence-corrected chi connectivity index (χ2v) is 8.17. The van der Waals surface area contributed by atoms with Crippen molar-refractivity contribution in [2.24, 2.45) is 0 Å². The second kappa shape index (κ2) is 7.17. The summed E-state index contributed by atoms with van der Waals surface area (Å²) in [6.07, 6.45) is 2.11. The van der Waals surface area contributed by atoms with E-state index in [1.165, 1.54) is 12.1 Å². The van der Waals surface area contributed by atoms with Gasteiger partial charge in [0.05, 0.1) is 4.92 Å². The number of hydrogen-bond acceptors (Lipinski definition) is 6. The van der Waals surface area contributed by atoms with E-state index in [1.54, 1.807) is 16.8 Å². The van der Waals surface area contributed by atoms with Gasteiger partial charge in [-0.1, -0.05) is 28.1 Å². The number of allylic oxidation sites excluding steroid dienone is 2. The van der Waals surface area contributed by atoms with Crippen LogP contribution in [0.2, 0.25) is 0 Å². The largest absolute Gasteiger partial charge is 0.328 e. The van der Waals surface area contributed by atoms with Crippen molar-refractivity contribution in [1.29, 1.82) is 0 Å². The summed E-state index contributed by atoms with van der Waals surface area (Å²) >= 11 is 3.46. The van der Waals surface area contributed by atoms with E-state index in [2.05, 4.69) is 31.3 Å². The zero-order valence-electron chi connectivity index (χ0n) is 15.7. The number of nitro groups is 1. The third-order valence-electron chi connectivity index (χ3n) is 5.39. The predicted molar refractivity (Wildman–Crippen MR) is 114 cm³/mol. The first-order valence-corrected chi connectivity index (χ1v) is 10.3. The number of non-ortho nitro benzene ring substituents is 1. The van der Waals surface area contributed by atoms with Crippen LogP contribution < -0.4 is 5.32 Å². The molecule has 8 nitrogen and oxygen atoms in total. The Hall–Kier alpha value is -3.33. The highest BCUT2D eigenvalue weighted by molar-refractivity contribution is 9.10. The number of aromatic nitrogens is 3. The number of anilines is 1. The molecule has 0 spiro atoms. The van der Waals surface area contributed by atoms with Gasteiger partial charge in [0.15, 0.2) is 11.6 Å². The normalized spacial score (nSPS) is 17.9. The summed E-state index contributed by atoms with van der Waals surface area (Å²) in [5, 5.41) is 18.9. The van der Waals surface area contributed by atoms with Crippen molar-refractivity contribution >= 4 is 33.3 Å². The standard InChI is InChI=1S/C21H16BrN5O3/c22-14-8-4-12(5-9-14)19-18-16(2-1-3-17(18)28)23-21-24-20(25-26(19)21)13-6-10-15(11-7-13)27(29)30/h4-11,19H,1-3H2,(H,23,24,25). The van der Waals surface area contributed by atoms with E-state index >= 15 is 0 Å². The van der Waals surface area contributed by atoms with E-state index in [0.29, 0.717) is 23.8 Å². The lowest BCUT2D eigenvalue weighted by Crippen LogP contribution is -2.31. The van der Waals surface area contributed by atoms with Crippen LogP contribution in [-0.2, 0) is 4.79 Å². The van der Waals surface area contributed by atoms with E-state index < -0.39 is 4.92 Å². The first kappa shape index (κ1) is 18.7. The molecular weight excluding hydrogens is 450 g/mol. The first-order chi connectivity index (χ1) is 14.5. The van der Waals surface area contributed by atoms with Crippen molar-refractivity contribution in [1.82, 2.24) is 14.8 Å². The molecule has 0 radical (unpaired) electrons. The van der Waals surface area contributed by atoms with Crippen LogP contribution in [0.5, 0.6) is 0 Å². The van der Waals surface area contributed by atoms with E-state index in [9.17, 15) is 14.9 Å². The van der Waals surface area contributed by atoms with Gasteiger partial charge in [0.1, 0.15) is 6.04 Å². The monoisotopic (exact) mass is 465 g/mol. The van der Waals surface area contributed by atoms with Gasteiger partial charge in [0.25, 0.3) is 5.69 Å². The molecule has 2 aliphatic rings. The Morgan fingerprint density at radius 1 is 1.10 bits per heavy atom. The zero-order chi connectivity index (χ0) is 20.8. The number of carbonyl (C=O) groups excluding carboxylic acids is 1. The van der Waals surface area contributed by atoms with Gasteiger partial charge in [0.2, 0.25) is 5.95 Å². The number of halogens is 1. The van der Waals surface area contributed by atoms with Crippen LogP contribution in [0.3, 0.4) is 0 Å². The lowest BCUT2D eigenvalue weighted by molar-refractivity contribution is -0.384. The smallest absolute Gasteiger partial charge is 0.269 e. The molecule has 2 heterocycles. The molecule has 0 amide bonds. The molecule has 0 bridgehead atoms. The Morgan fingerprint density at radius 2 is 1.83 bits per heavy atom. The predicted octanol–water partition coefficient (Wildman–Crippen LogP) is 4.64. The molecule has 150 valence electrons. The summed E-state index contributed by atoms with van der Waals surface area (Å²) in [5.74, 6) is 1.13. The van der Waals surface area contributed by atoms with E-state index in [-0.39, 0.29) is 17.5 Å². The molecule has 0 fully saturated rings. The minimum Gasteiger partial charge on any atom is -0.328 e. The number of Topliss-reactive ketones (excluding diaryl/α,β-unsaturated/α-hetero) is 1. The molecule has 30 heavy (non-hydrogen) atoms. The Kier molecular flexibility index (Phi) is 4.47. The molecule has 9 heteroatoms. The van der Waals surface area contributed by atoms with E-state index in [0.717, 1.165) is 34.1 Å². The molecule has 3 aromatic rings. The Bertz CT molecular complexity index is 1200. The maximum Gasteiger partial charge on any atom is 0.269 e. The van der Waals surface area contributed by atoms with E-state index in [4.69, 9.17) is 0 Å². The molecular formula is C21H16BrN5O3. The van der Waals surface area contributed by atoms with Crippen LogP contribution in [0.4, 0.5) is 11.6 Å². The average molecular weight is 466 g/mol. The van der Waals surface area contributed by atoms with Crippen molar-refractivity contribution < 1.29 is 9.72 Å². The van der Waals surface area contributed by atoms with Crippen LogP contribution >= 0.6 is 15.9 Å². The molecule has 2 aromatic carbocycles. The van der Waals surface area contributed by atoms with Crippen molar-refractivity contribution in [3.63, 3.8) is 0 Å². The number of rotatable bonds is 3. The van der Waals surface area contributed by atoms with Crippen molar-refractivity contribution in [2.45, 2.75) is 25.3 Å². The van der Waals surface area contributed by atoms with Gasteiger partial charge in [-0.3, -0.25) is 14.9 Å². The topological polar surface area (TPSA) is 103 Å². The van der Waals surface area contributed by atoms with Crippen LogP contribution in [0.25, 0.3) is 11.4 Å². The van der Waals surface area contributed by atoms with Crippen molar-refractivity contribution in [2.75, 3.05) is 5.32 Å². The van der Waals surface area contributed by atoms with Gasteiger partial charge in [-0.2, -0.15) is 4.98 Å². The quantitative estimate of drug-likeness (QED) is 0.446. The molecule has 0 saturated carbocycles. The van der Waals surface area contributed by atoms with Gasteiger partial charge in [0, 0.05) is 39.9 Å². The summed E-state index contributed by atoms with van der Waals surface area (Å²) in [5.41, 5.74) is 3.26. The Balaban J connectivity index is 1.62. The summed E-state index contributed by atoms with van der Waals surface area (Å²) < 4.78 is 2.69. The molecule has 1 aliphatic heterocycles. The molecule has 1 aliphatic carbocycles. The number of fused-ring (bicyclic) bond motifs is 1. The zero-order valence-corrected chi connectivity index (χ0v) is 17.3. The summed E-state index contributed by atoms with van der Waals surface area (Å²) in [4.78, 5) is 27.9. The fourth-order valence-electron chi connectivity index (χ4n) is 3.96. The molecule has 1 unspecified atom stereocenters. The maximum atomic E-state index is 12.8. The number of nitro benzene ring substituents is 1. The number of nitrogens with one attached hydrogen (secondary N) is 1. The number of carbonyl (C=O) groups is 1. The van der Waals surface area contributed by atoms with E-state index in [1.807, 2.05) is 24.3 Å². The van der Waals surface area contributed by atoms with Crippen LogP contribution in [0, 0.1) is 10.1 Å². The fourth-order valence-corrected chi connectivity index (χ4v) is 4.23. The Morgan fingerprint density at radius 3 is 2.53 bits per heavy atom. The highest BCUT2D eigenvalue weighted by Gasteiger charge is 2.36. The molecule has 0 saturated heterocycles. The van der Waals surface area contributed by atoms with Gasteiger partial charge in [-0.15, -0.1) is 5.10 Å². The molecule has 1 N–H and O–H groups in total. The lowest BCUT2D eigenvalue weighted by atomic mass is 9.85. The number of hydrogen-bond donors (Lipinski definition) is 1. The summed E-state index contributed by atoms with van der Waals surface area (Å²) in [7, 11) is 0. The number of benzene rings is 2. The first-order valence-electron chi connectivity index (χ1n) is 9.51. The molecule has 1 aromatic heterocycles. The highest BCUT2D eigenvalue weighted by atomic mass is 79.9. The van der Waals surface area contributed by atoms with Crippen molar-refractivity contribution in [3.8, 4) is 11.4 Å². The number of ketones is 1. The van der Waals surface area contributed by atoms with Gasteiger partial charge in [-0.25, -0.2) is 4.68 Å². The van der Waals surface area contributed by atoms with Gasteiger partial charge >= 0.3 is 0 Å². The minimum absolute atomic E-state index is 0.0105. The SMILES string of the molecule is O=C1CCCC2=C1C(c1ccc(Br)cc1)n1nc(-c3ccc([N+](=O)[O-])cc3)nc1N2. The highest BCUT2D eigenvalue weighted by Crippen LogP contribution is 2.40. The van der Waals surface area contributed by atoms with Gasteiger partial charge in [-0.05, 0) is 42.7 Å². The third-order valence-corrected chi connectivity index (χ3v) is 5.92. The van der Waals surface area contributed by atoms with Crippen LogP contribution in [0.15, 0.2) is 64.3 Å². The lowest BCUT2D eigenvalue weighted by Gasteiger charge is -2.32. The fraction of sp³-hybridized carbons (Fsp3) is 0.190. The second-order valence-electron chi connectivity index (χ2n) is 7.26. The van der Waals surface area contributed by atoms with Crippen LogP contribution in [0.1, 0.15) is 30.9 Å². The van der Waals surface area contributed by atoms with Gasteiger partial charge < -0.3 is 5.32 Å².